The van der Waals surface area contributed by atoms with Crippen LogP contribution in [0.5, 0.6) is 0 Å². The van der Waals surface area contributed by atoms with E-state index in [4.69, 9.17) is 9.26 Å². The first-order chi connectivity index (χ1) is 12.3. The van der Waals surface area contributed by atoms with Crippen molar-refractivity contribution in [2.24, 2.45) is 5.92 Å². The summed E-state index contributed by atoms with van der Waals surface area (Å²) in [7, 11) is 1.68. The highest BCUT2D eigenvalue weighted by Gasteiger charge is 2.34. The number of likely N-dealkylation sites (tertiary alicyclic amines) is 1. The van der Waals surface area contributed by atoms with E-state index in [9.17, 15) is 0 Å². The Labute approximate surface area is 147 Å². The van der Waals surface area contributed by atoms with Crippen molar-refractivity contribution in [2.75, 3.05) is 38.7 Å². The quantitative estimate of drug-likeness (QED) is 0.739. The van der Waals surface area contributed by atoms with E-state index in [1.165, 1.54) is 25.8 Å². The van der Waals surface area contributed by atoms with Crippen LogP contribution < -0.4 is 5.32 Å². The summed E-state index contributed by atoms with van der Waals surface area (Å²) in [6.45, 7) is 3.69. The lowest BCUT2D eigenvalue weighted by atomic mass is 10.2. The second-order valence-corrected chi connectivity index (χ2v) is 6.90. The van der Waals surface area contributed by atoms with Gasteiger partial charge >= 0.3 is 0 Å². The monoisotopic (exact) mass is 343 g/mol. The average Bonchev–Trinajstić information content (AvgIpc) is 3.12. The molecule has 2 aromatic heterocycles. The van der Waals surface area contributed by atoms with Crippen LogP contribution in [-0.4, -0.2) is 53.4 Å². The maximum Gasteiger partial charge on any atom is 0.244 e. The van der Waals surface area contributed by atoms with Crippen LogP contribution in [0.25, 0.3) is 11.4 Å². The molecule has 1 aliphatic carbocycles. The molecule has 4 rings (SSSR count). The van der Waals surface area contributed by atoms with Crippen molar-refractivity contribution in [1.29, 1.82) is 0 Å². The Morgan fingerprint density at radius 2 is 2.24 bits per heavy atom. The number of hydrogen-bond donors (Lipinski definition) is 1. The smallest absolute Gasteiger partial charge is 0.244 e. The highest BCUT2D eigenvalue weighted by molar-refractivity contribution is 5.55. The van der Waals surface area contributed by atoms with Crippen LogP contribution in [0.4, 0.5) is 5.82 Å². The molecule has 25 heavy (non-hydrogen) atoms. The van der Waals surface area contributed by atoms with E-state index in [1.807, 2.05) is 12.1 Å². The minimum Gasteiger partial charge on any atom is -0.383 e. The van der Waals surface area contributed by atoms with E-state index in [1.54, 1.807) is 13.3 Å². The van der Waals surface area contributed by atoms with Crippen LogP contribution in [0.2, 0.25) is 0 Å². The molecule has 1 saturated carbocycles. The van der Waals surface area contributed by atoms with Crippen LogP contribution >= 0.6 is 0 Å². The summed E-state index contributed by atoms with van der Waals surface area (Å²) in [4.78, 5) is 11.6. The van der Waals surface area contributed by atoms with Gasteiger partial charge in [-0.25, -0.2) is 4.98 Å². The highest BCUT2D eigenvalue weighted by Crippen LogP contribution is 2.37. The number of methoxy groups -OCH3 is 1. The summed E-state index contributed by atoms with van der Waals surface area (Å²) >= 11 is 0. The largest absolute Gasteiger partial charge is 0.383 e. The lowest BCUT2D eigenvalue weighted by molar-refractivity contribution is 0.201. The zero-order valence-electron chi connectivity index (χ0n) is 14.6. The summed E-state index contributed by atoms with van der Waals surface area (Å²) in [6.07, 6.45) is 6.83. The van der Waals surface area contributed by atoms with E-state index in [-0.39, 0.29) is 6.04 Å². The van der Waals surface area contributed by atoms with E-state index in [2.05, 4.69) is 25.3 Å². The Balaban J connectivity index is 1.41. The van der Waals surface area contributed by atoms with Crippen molar-refractivity contribution in [3.63, 3.8) is 0 Å². The average molecular weight is 343 g/mol. The standard InChI is InChI=1S/C18H25N5O2/c1-24-10-8-19-16-7-6-14(11-20-16)17-21-18(25-22-17)15-3-2-9-23(15)12-13-4-5-13/h6-7,11,13,15H,2-5,8-10,12H2,1H3,(H,19,20)/t15-/m0/s1. The molecule has 1 saturated heterocycles. The van der Waals surface area contributed by atoms with Crippen molar-refractivity contribution >= 4 is 5.82 Å². The molecule has 1 aliphatic heterocycles. The molecule has 0 unspecified atom stereocenters. The van der Waals surface area contributed by atoms with Gasteiger partial charge in [-0.15, -0.1) is 0 Å². The summed E-state index contributed by atoms with van der Waals surface area (Å²) in [5, 5.41) is 7.37. The van der Waals surface area contributed by atoms with Crippen LogP contribution in [0.15, 0.2) is 22.9 Å². The zero-order chi connectivity index (χ0) is 17.1. The molecule has 0 spiro atoms. The fourth-order valence-electron chi connectivity index (χ4n) is 3.36. The van der Waals surface area contributed by atoms with E-state index in [0.29, 0.717) is 12.4 Å². The zero-order valence-corrected chi connectivity index (χ0v) is 14.6. The molecule has 2 aliphatic rings. The van der Waals surface area contributed by atoms with Gasteiger partial charge in [0.25, 0.3) is 0 Å². The number of pyridine rings is 1. The molecule has 0 amide bonds. The Kier molecular flexibility index (Phi) is 4.94. The lowest BCUT2D eigenvalue weighted by Crippen LogP contribution is -2.25. The molecule has 2 fully saturated rings. The van der Waals surface area contributed by atoms with Crippen LogP contribution in [0.1, 0.15) is 37.6 Å². The number of anilines is 1. The number of nitrogens with one attached hydrogen (secondary N) is 1. The summed E-state index contributed by atoms with van der Waals surface area (Å²) in [5.74, 6) is 3.06. The van der Waals surface area contributed by atoms with Gasteiger partial charge in [-0.05, 0) is 50.3 Å². The Bertz CT molecular complexity index is 683. The molecule has 7 nitrogen and oxygen atoms in total. The van der Waals surface area contributed by atoms with Gasteiger partial charge in [0.15, 0.2) is 0 Å². The van der Waals surface area contributed by atoms with Crippen LogP contribution in [-0.2, 0) is 4.74 Å². The normalized spacial score (nSPS) is 20.9. The SMILES string of the molecule is COCCNc1ccc(-c2noc([C@@H]3CCCN3CC3CC3)n2)cn1. The van der Waals surface area contributed by atoms with Crippen molar-refractivity contribution in [1.82, 2.24) is 20.0 Å². The van der Waals surface area contributed by atoms with Crippen molar-refractivity contribution < 1.29 is 9.26 Å². The predicted octanol–water partition coefficient (Wildman–Crippen LogP) is 2.74. The first-order valence-electron chi connectivity index (χ1n) is 9.10. The van der Waals surface area contributed by atoms with E-state index >= 15 is 0 Å². The van der Waals surface area contributed by atoms with Gasteiger partial charge in [-0.3, -0.25) is 4.90 Å². The third kappa shape index (κ3) is 3.99. The van der Waals surface area contributed by atoms with Gasteiger partial charge in [0.1, 0.15) is 5.82 Å². The van der Waals surface area contributed by atoms with Crippen molar-refractivity contribution in [2.45, 2.75) is 31.7 Å². The number of rotatable bonds is 8. The number of nitrogens with zero attached hydrogens (tertiary/aromatic N) is 4. The molecular weight excluding hydrogens is 318 g/mol. The molecule has 0 radical (unpaired) electrons. The third-order valence-corrected chi connectivity index (χ3v) is 4.91. The van der Waals surface area contributed by atoms with Gasteiger partial charge in [0.05, 0.1) is 12.6 Å². The molecule has 1 atom stereocenters. The van der Waals surface area contributed by atoms with Crippen molar-refractivity contribution in [3.05, 3.63) is 24.2 Å². The molecule has 3 heterocycles. The van der Waals surface area contributed by atoms with E-state index < -0.39 is 0 Å². The van der Waals surface area contributed by atoms with Crippen LogP contribution in [0.3, 0.4) is 0 Å². The summed E-state index contributed by atoms with van der Waals surface area (Å²) in [5.41, 5.74) is 0.874. The van der Waals surface area contributed by atoms with Gasteiger partial charge in [0.2, 0.25) is 11.7 Å². The van der Waals surface area contributed by atoms with Gasteiger partial charge in [-0.2, -0.15) is 4.98 Å². The Morgan fingerprint density at radius 1 is 1.32 bits per heavy atom. The molecule has 0 aromatic carbocycles. The third-order valence-electron chi connectivity index (χ3n) is 4.91. The minimum absolute atomic E-state index is 0.282. The van der Waals surface area contributed by atoms with Crippen molar-refractivity contribution in [3.8, 4) is 11.4 Å². The molecule has 0 bridgehead atoms. The predicted molar refractivity (Wildman–Crippen MR) is 94.2 cm³/mol. The summed E-state index contributed by atoms with van der Waals surface area (Å²) in [6, 6.07) is 4.17. The fraction of sp³-hybridized carbons (Fsp3) is 0.611. The first-order valence-corrected chi connectivity index (χ1v) is 9.10. The van der Waals surface area contributed by atoms with Gasteiger partial charge in [-0.1, -0.05) is 5.16 Å². The van der Waals surface area contributed by atoms with E-state index in [0.717, 1.165) is 42.7 Å². The topological polar surface area (TPSA) is 76.3 Å². The molecule has 7 heteroatoms. The molecular formula is C18H25N5O2. The lowest BCUT2D eigenvalue weighted by Gasteiger charge is -2.20. The fourth-order valence-corrected chi connectivity index (χ4v) is 3.36. The van der Waals surface area contributed by atoms with Crippen LogP contribution in [0, 0.1) is 5.92 Å². The maximum atomic E-state index is 5.58. The second-order valence-electron chi connectivity index (χ2n) is 6.90. The number of hydrogen-bond acceptors (Lipinski definition) is 7. The second kappa shape index (κ2) is 7.49. The van der Waals surface area contributed by atoms with Gasteiger partial charge in [0, 0.05) is 32.0 Å². The molecule has 2 aromatic rings. The summed E-state index contributed by atoms with van der Waals surface area (Å²) < 4.78 is 10.6. The molecule has 134 valence electrons. The molecule has 1 N–H and O–H groups in total. The number of ether oxygens (including phenoxy) is 1. The Hall–Kier alpha value is -1.99. The first kappa shape index (κ1) is 16.5. The minimum atomic E-state index is 0.282. The van der Waals surface area contributed by atoms with Gasteiger partial charge < -0.3 is 14.6 Å². The number of aromatic nitrogens is 3. The maximum absolute atomic E-state index is 5.58. The highest BCUT2D eigenvalue weighted by atomic mass is 16.5. The Morgan fingerprint density at radius 3 is 3.00 bits per heavy atom.